The average Bonchev–Trinajstić information content (AvgIpc) is 2.69. The van der Waals surface area contributed by atoms with E-state index in [0.29, 0.717) is 11.1 Å². The van der Waals surface area contributed by atoms with E-state index in [2.05, 4.69) is 67.0 Å². The van der Waals surface area contributed by atoms with Crippen LogP contribution in [0.3, 0.4) is 0 Å². The number of nitrogen functional groups attached to an aromatic ring is 1. The molecule has 0 saturated heterocycles. The molecule has 0 radical (unpaired) electrons. The van der Waals surface area contributed by atoms with Crippen molar-refractivity contribution in [2.75, 3.05) is 13.7 Å². The van der Waals surface area contributed by atoms with E-state index in [9.17, 15) is 9.59 Å². The molecule has 2 aromatic rings. The summed E-state index contributed by atoms with van der Waals surface area (Å²) in [5.74, 6) is 12.4. The topological polar surface area (TPSA) is 154 Å². The second kappa shape index (κ2) is 20.4. The Morgan fingerprint density at radius 2 is 1.43 bits per heavy atom. The van der Waals surface area contributed by atoms with Gasteiger partial charge in [-0.2, -0.15) is 0 Å². The van der Waals surface area contributed by atoms with Crippen LogP contribution in [0.2, 0.25) is 0 Å². The van der Waals surface area contributed by atoms with Crippen molar-refractivity contribution in [3.63, 3.8) is 0 Å². The van der Waals surface area contributed by atoms with Crippen LogP contribution in [0.25, 0.3) is 0 Å². The van der Waals surface area contributed by atoms with Gasteiger partial charge in [0.25, 0.3) is 5.91 Å². The number of amides is 1. The highest BCUT2D eigenvalue weighted by Crippen LogP contribution is 2.08. The molecule has 158 valence electrons. The van der Waals surface area contributed by atoms with Crippen molar-refractivity contribution in [3.05, 3.63) is 66.8 Å². The number of nitrogens with one attached hydrogen (secondary N) is 1. The van der Waals surface area contributed by atoms with Crippen molar-refractivity contribution in [2.24, 2.45) is 17.5 Å². The quantitative estimate of drug-likeness (QED) is 0.114. The molecule has 1 amide bonds. The number of halogens is 2. The maximum atomic E-state index is 10.9. The van der Waals surface area contributed by atoms with Crippen LogP contribution in [0.5, 0.6) is 0 Å². The predicted octanol–water partition coefficient (Wildman–Crippen LogP) is 2.43. The Balaban J connectivity index is -0.000000353. The Morgan fingerprint density at radius 1 is 1.04 bits per heavy atom. The number of carbonyl (C=O) groups is 2. The number of methoxy groups -OCH3 is 1. The van der Waals surface area contributed by atoms with Gasteiger partial charge < -0.3 is 9.84 Å². The van der Waals surface area contributed by atoms with Gasteiger partial charge in [0, 0.05) is 19.3 Å². The van der Waals surface area contributed by atoms with E-state index in [1.54, 1.807) is 31.2 Å². The maximum Gasteiger partial charge on any atom is 0.337 e. The third-order valence-corrected chi connectivity index (χ3v) is 3.81. The first-order valence-electron chi connectivity index (χ1n) is 7.44. The van der Waals surface area contributed by atoms with Gasteiger partial charge in [-0.3, -0.25) is 21.9 Å². The van der Waals surface area contributed by atoms with Crippen LogP contribution in [0, 0.1) is 7.14 Å². The summed E-state index contributed by atoms with van der Waals surface area (Å²) < 4.78 is 6.60. The monoisotopic (exact) mass is 618 g/mol. The van der Waals surface area contributed by atoms with E-state index in [1.807, 2.05) is 24.3 Å². The summed E-state index contributed by atoms with van der Waals surface area (Å²) in [5.41, 5.74) is 3.25. The van der Waals surface area contributed by atoms with E-state index in [0.717, 1.165) is 7.14 Å². The van der Waals surface area contributed by atoms with Crippen LogP contribution < -0.4 is 23.0 Å². The molecule has 2 rings (SSSR count). The standard InChI is InChI=1S/C8H7IO2.C7H7IN2O.C2H6O.CH4.H4N2/c1-11-8(10)6-3-2-4-7(9)5-6;8-6-3-1-2-5(4-6)7(11)10-9;1-2-3;;1-2/h2-5H,1H3;1-4H,9H2,(H,10,11);3H,2H2,1H3;1H4;1-2H2. The fourth-order valence-electron chi connectivity index (χ4n) is 1.45. The van der Waals surface area contributed by atoms with Gasteiger partial charge >= 0.3 is 5.97 Å². The van der Waals surface area contributed by atoms with Crippen LogP contribution in [0.4, 0.5) is 0 Å². The summed E-state index contributed by atoms with van der Waals surface area (Å²) in [7, 11) is 1.38. The van der Waals surface area contributed by atoms with Gasteiger partial charge in [-0.25, -0.2) is 10.6 Å². The largest absolute Gasteiger partial charge is 0.465 e. The molecule has 10 heteroatoms. The lowest BCUT2D eigenvalue weighted by Gasteiger charge is -1.98. The molecule has 8 N–H and O–H groups in total. The van der Waals surface area contributed by atoms with Gasteiger partial charge in [-0.05, 0) is 88.5 Å². The molecule has 0 saturated carbocycles. The summed E-state index contributed by atoms with van der Waals surface area (Å²) in [6.45, 7) is 1.93. The van der Waals surface area contributed by atoms with Crippen LogP contribution in [0.1, 0.15) is 35.1 Å². The molecule has 0 atom stereocenters. The Labute approximate surface area is 193 Å². The van der Waals surface area contributed by atoms with E-state index in [1.165, 1.54) is 7.11 Å². The minimum atomic E-state index is -0.288. The molecule has 0 bridgehead atoms. The van der Waals surface area contributed by atoms with Gasteiger partial charge in [0.05, 0.1) is 12.7 Å². The van der Waals surface area contributed by atoms with Gasteiger partial charge in [-0.15, -0.1) is 0 Å². The van der Waals surface area contributed by atoms with Gasteiger partial charge in [0.2, 0.25) is 0 Å². The summed E-state index contributed by atoms with van der Waals surface area (Å²) in [6, 6.07) is 14.5. The minimum Gasteiger partial charge on any atom is -0.465 e. The van der Waals surface area contributed by atoms with Crippen LogP contribution in [0.15, 0.2) is 48.5 Å². The third-order valence-electron chi connectivity index (χ3n) is 2.46. The van der Waals surface area contributed by atoms with Crippen molar-refractivity contribution in [1.29, 1.82) is 0 Å². The fraction of sp³-hybridized carbons (Fsp3) is 0.222. The highest BCUT2D eigenvalue weighted by Gasteiger charge is 2.03. The second-order valence-electron chi connectivity index (χ2n) is 4.30. The van der Waals surface area contributed by atoms with Crippen molar-refractivity contribution in [3.8, 4) is 0 Å². The fourth-order valence-corrected chi connectivity index (χ4v) is 2.53. The Kier molecular flexibility index (Phi) is 22.9. The maximum absolute atomic E-state index is 10.9. The summed E-state index contributed by atoms with van der Waals surface area (Å²) in [5, 5.41) is 7.57. The molecular weight excluding hydrogens is 590 g/mol. The predicted molar refractivity (Wildman–Crippen MR) is 129 cm³/mol. The molecule has 0 aliphatic rings. The highest BCUT2D eigenvalue weighted by molar-refractivity contribution is 14.1. The zero-order chi connectivity index (χ0) is 21.2. The zero-order valence-corrected chi connectivity index (χ0v) is 19.3. The lowest BCUT2D eigenvalue weighted by Crippen LogP contribution is -2.29. The number of hydrazine groups is 2. The van der Waals surface area contributed by atoms with Gasteiger partial charge in [0.1, 0.15) is 0 Å². The number of aliphatic hydroxyl groups is 1. The van der Waals surface area contributed by atoms with E-state index < -0.39 is 0 Å². The number of esters is 1. The first-order chi connectivity index (χ1) is 12.9. The third kappa shape index (κ3) is 14.7. The lowest BCUT2D eigenvalue weighted by molar-refractivity contribution is 0.0600. The van der Waals surface area contributed by atoms with Crippen molar-refractivity contribution >= 4 is 57.1 Å². The number of carbonyl (C=O) groups excluding carboxylic acids is 2. The molecule has 8 nitrogen and oxygen atoms in total. The molecule has 0 spiro atoms. The number of nitrogens with two attached hydrogens (primary N) is 3. The van der Waals surface area contributed by atoms with Crippen molar-refractivity contribution in [2.45, 2.75) is 14.4 Å². The zero-order valence-electron chi connectivity index (χ0n) is 15.0. The SMILES string of the molecule is C.CCO.COC(=O)c1cccc(I)c1.NN.NNC(=O)c1cccc(I)c1. The molecule has 28 heavy (non-hydrogen) atoms. The Bertz CT molecular complexity index is 631. The molecule has 0 heterocycles. The van der Waals surface area contributed by atoms with E-state index in [-0.39, 0.29) is 25.9 Å². The Hall–Kier alpha value is -1.32. The van der Waals surface area contributed by atoms with Crippen LogP contribution in [-0.4, -0.2) is 30.7 Å². The molecular formula is C18H28I2N4O4. The number of hydrogen-bond donors (Lipinski definition) is 5. The Morgan fingerprint density at radius 3 is 1.79 bits per heavy atom. The molecule has 0 aromatic heterocycles. The van der Waals surface area contributed by atoms with E-state index >= 15 is 0 Å². The number of hydrogen-bond acceptors (Lipinski definition) is 7. The number of aliphatic hydroxyl groups excluding tert-OH is 1. The smallest absolute Gasteiger partial charge is 0.337 e. The van der Waals surface area contributed by atoms with Crippen LogP contribution >= 0.6 is 45.2 Å². The minimum absolute atomic E-state index is 0. The molecule has 0 unspecified atom stereocenters. The summed E-state index contributed by atoms with van der Waals surface area (Å²) in [4.78, 5) is 21.9. The summed E-state index contributed by atoms with van der Waals surface area (Å²) >= 11 is 4.28. The van der Waals surface area contributed by atoms with Gasteiger partial charge in [0.15, 0.2) is 0 Å². The van der Waals surface area contributed by atoms with Gasteiger partial charge in [-0.1, -0.05) is 19.6 Å². The molecule has 0 aliphatic carbocycles. The second-order valence-corrected chi connectivity index (χ2v) is 6.79. The summed E-state index contributed by atoms with van der Waals surface area (Å²) in [6.07, 6.45) is 0. The van der Waals surface area contributed by atoms with Crippen LogP contribution in [-0.2, 0) is 4.74 Å². The molecule has 0 fully saturated rings. The average molecular weight is 618 g/mol. The lowest BCUT2D eigenvalue weighted by atomic mass is 10.2. The molecule has 2 aromatic carbocycles. The molecule has 0 aliphatic heterocycles. The van der Waals surface area contributed by atoms with Crippen molar-refractivity contribution < 1.29 is 19.4 Å². The van der Waals surface area contributed by atoms with Crippen molar-refractivity contribution in [1.82, 2.24) is 5.43 Å². The number of ether oxygens (including phenoxy) is 1. The number of benzene rings is 2. The highest BCUT2D eigenvalue weighted by atomic mass is 127. The first-order valence-corrected chi connectivity index (χ1v) is 9.59. The van der Waals surface area contributed by atoms with E-state index in [4.69, 9.17) is 10.9 Å². The normalized spacial score (nSPS) is 8.14. The number of rotatable bonds is 2. The first kappa shape index (κ1) is 31.4.